The quantitative estimate of drug-likeness (QED) is 0.698. The van der Waals surface area contributed by atoms with Gasteiger partial charge < -0.3 is 4.74 Å². The smallest absolute Gasteiger partial charge is 0.292 e. The van der Waals surface area contributed by atoms with Crippen molar-refractivity contribution in [2.45, 2.75) is 13.0 Å². The SMILES string of the molecule is COC(=NC(C)c1ccccc1)NC(=O)c1ccc(F)cc1. The summed E-state index contributed by atoms with van der Waals surface area (Å²) in [5.74, 6) is -0.796. The van der Waals surface area contributed by atoms with Gasteiger partial charge in [0.05, 0.1) is 13.2 Å². The summed E-state index contributed by atoms with van der Waals surface area (Å²) in [5, 5.41) is 2.57. The molecule has 2 aromatic rings. The summed E-state index contributed by atoms with van der Waals surface area (Å²) >= 11 is 0. The second-order valence-corrected chi connectivity index (χ2v) is 4.69. The molecule has 0 aliphatic carbocycles. The number of amidine groups is 1. The maximum atomic E-state index is 12.9. The third kappa shape index (κ3) is 4.15. The molecule has 1 amide bonds. The average Bonchev–Trinajstić information content (AvgIpc) is 2.55. The number of carbonyl (C=O) groups is 1. The van der Waals surface area contributed by atoms with Crippen LogP contribution in [0.1, 0.15) is 28.9 Å². The van der Waals surface area contributed by atoms with E-state index in [1.165, 1.54) is 31.4 Å². The number of carbonyl (C=O) groups excluding carboxylic acids is 1. The van der Waals surface area contributed by atoms with E-state index in [2.05, 4.69) is 10.3 Å². The molecule has 1 N–H and O–H groups in total. The van der Waals surface area contributed by atoms with Crippen molar-refractivity contribution in [3.05, 3.63) is 71.5 Å². The first-order valence-corrected chi connectivity index (χ1v) is 6.84. The Hall–Kier alpha value is -2.69. The van der Waals surface area contributed by atoms with Gasteiger partial charge in [-0.05, 0) is 36.8 Å². The number of rotatable bonds is 3. The Morgan fingerprint density at radius 1 is 1.14 bits per heavy atom. The van der Waals surface area contributed by atoms with Crippen LogP contribution in [0.3, 0.4) is 0 Å². The van der Waals surface area contributed by atoms with Crippen LogP contribution >= 0.6 is 0 Å². The maximum absolute atomic E-state index is 12.9. The fourth-order valence-electron chi connectivity index (χ4n) is 1.89. The van der Waals surface area contributed by atoms with E-state index in [1.54, 1.807) is 0 Å². The highest BCUT2D eigenvalue weighted by atomic mass is 19.1. The zero-order valence-corrected chi connectivity index (χ0v) is 12.4. The minimum absolute atomic E-state index is 0.116. The van der Waals surface area contributed by atoms with Crippen molar-refractivity contribution in [2.24, 2.45) is 4.99 Å². The van der Waals surface area contributed by atoms with Gasteiger partial charge in [0.15, 0.2) is 0 Å². The molecule has 0 heterocycles. The molecule has 0 radical (unpaired) electrons. The predicted octanol–water partition coefficient (Wildman–Crippen LogP) is 3.32. The highest BCUT2D eigenvalue weighted by molar-refractivity contribution is 6.04. The molecular formula is C17H17FN2O2. The van der Waals surface area contributed by atoms with Gasteiger partial charge in [-0.2, -0.15) is 0 Å². The second kappa shape index (κ2) is 7.36. The summed E-state index contributed by atoms with van der Waals surface area (Å²) < 4.78 is 18.0. The van der Waals surface area contributed by atoms with Crippen molar-refractivity contribution in [2.75, 3.05) is 7.11 Å². The maximum Gasteiger partial charge on any atom is 0.292 e. The number of benzene rings is 2. The Balaban J connectivity index is 2.09. The molecule has 0 saturated carbocycles. The van der Waals surface area contributed by atoms with Crippen LogP contribution in [0.2, 0.25) is 0 Å². The Labute approximate surface area is 128 Å². The van der Waals surface area contributed by atoms with Gasteiger partial charge in [-0.1, -0.05) is 30.3 Å². The first-order chi connectivity index (χ1) is 10.6. The van der Waals surface area contributed by atoms with E-state index in [9.17, 15) is 9.18 Å². The molecule has 0 fully saturated rings. The Kier molecular flexibility index (Phi) is 5.25. The first kappa shape index (κ1) is 15.7. The molecule has 0 aliphatic heterocycles. The Morgan fingerprint density at radius 2 is 1.77 bits per heavy atom. The Bertz CT molecular complexity index is 654. The molecule has 5 heteroatoms. The van der Waals surface area contributed by atoms with Crippen molar-refractivity contribution >= 4 is 11.9 Å². The number of methoxy groups -OCH3 is 1. The van der Waals surface area contributed by atoms with Crippen LogP contribution in [0, 0.1) is 5.82 Å². The normalized spacial score (nSPS) is 12.6. The third-order valence-electron chi connectivity index (χ3n) is 3.11. The zero-order chi connectivity index (χ0) is 15.9. The summed E-state index contributed by atoms with van der Waals surface area (Å²) in [7, 11) is 1.43. The lowest BCUT2D eigenvalue weighted by atomic mass is 10.1. The van der Waals surface area contributed by atoms with Gasteiger partial charge in [0.1, 0.15) is 5.82 Å². The molecule has 0 aliphatic rings. The van der Waals surface area contributed by atoms with Crippen molar-refractivity contribution in [1.82, 2.24) is 5.32 Å². The minimum Gasteiger partial charge on any atom is -0.468 e. The van der Waals surface area contributed by atoms with Gasteiger partial charge in [-0.3, -0.25) is 10.1 Å². The van der Waals surface area contributed by atoms with Crippen molar-refractivity contribution in [3.8, 4) is 0 Å². The molecule has 22 heavy (non-hydrogen) atoms. The fraction of sp³-hybridized carbons (Fsp3) is 0.176. The molecule has 0 spiro atoms. The van der Waals surface area contributed by atoms with Crippen LogP contribution in [-0.4, -0.2) is 19.0 Å². The molecule has 0 aromatic heterocycles. The molecule has 2 rings (SSSR count). The van der Waals surface area contributed by atoms with E-state index < -0.39 is 11.7 Å². The van der Waals surface area contributed by atoms with Gasteiger partial charge in [-0.25, -0.2) is 9.38 Å². The third-order valence-corrected chi connectivity index (χ3v) is 3.11. The predicted molar refractivity (Wildman–Crippen MR) is 83.2 cm³/mol. The van der Waals surface area contributed by atoms with Crippen LogP contribution in [0.5, 0.6) is 0 Å². The van der Waals surface area contributed by atoms with E-state index in [4.69, 9.17) is 4.74 Å². The summed E-state index contributed by atoms with van der Waals surface area (Å²) in [6.45, 7) is 1.90. The van der Waals surface area contributed by atoms with E-state index in [-0.39, 0.29) is 12.1 Å². The summed E-state index contributed by atoms with van der Waals surface area (Å²) in [6, 6.07) is 14.9. The largest absolute Gasteiger partial charge is 0.468 e. The topological polar surface area (TPSA) is 50.7 Å². The van der Waals surface area contributed by atoms with Crippen molar-refractivity contribution in [3.63, 3.8) is 0 Å². The summed E-state index contributed by atoms with van der Waals surface area (Å²) in [5.41, 5.74) is 1.34. The van der Waals surface area contributed by atoms with Gasteiger partial charge in [0.25, 0.3) is 11.9 Å². The van der Waals surface area contributed by atoms with Crippen LogP contribution in [-0.2, 0) is 4.74 Å². The Morgan fingerprint density at radius 3 is 2.36 bits per heavy atom. The highest BCUT2D eigenvalue weighted by Gasteiger charge is 2.11. The molecule has 0 saturated heterocycles. The summed E-state index contributed by atoms with van der Waals surface area (Å²) in [4.78, 5) is 16.4. The van der Waals surface area contributed by atoms with Gasteiger partial charge >= 0.3 is 0 Å². The van der Waals surface area contributed by atoms with Crippen LogP contribution in [0.4, 0.5) is 4.39 Å². The number of aliphatic imine (C=N–C) groups is 1. The molecular weight excluding hydrogens is 283 g/mol. The molecule has 114 valence electrons. The first-order valence-electron chi connectivity index (χ1n) is 6.84. The standard InChI is InChI=1S/C17H17FN2O2/c1-12(13-6-4-3-5-7-13)19-17(22-2)20-16(21)14-8-10-15(18)11-9-14/h3-12H,1-2H3,(H,19,20,21). The lowest BCUT2D eigenvalue weighted by molar-refractivity contribution is 0.0968. The van der Waals surface area contributed by atoms with Gasteiger partial charge in [0.2, 0.25) is 0 Å². The van der Waals surface area contributed by atoms with Crippen LogP contribution in [0.15, 0.2) is 59.6 Å². The molecule has 4 nitrogen and oxygen atoms in total. The van der Waals surface area contributed by atoms with Gasteiger partial charge in [-0.15, -0.1) is 0 Å². The molecule has 2 aromatic carbocycles. The summed E-state index contributed by atoms with van der Waals surface area (Å²) in [6.07, 6.45) is 0. The lowest BCUT2D eigenvalue weighted by Crippen LogP contribution is -2.32. The van der Waals surface area contributed by atoms with Crippen molar-refractivity contribution < 1.29 is 13.9 Å². The van der Waals surface area contributed by atoms with Crippen LogP contribution in [0.25, 0.3) is 0 Å². The second-order valence-electron chi connectivity index (χ2n) is 4.69. The van der Waals surface area contributed by atoms with E-state index in [0.29, 0.717) is 5.56 Å². The monoisotopic (exact) mass is 300 g/mol. The molecule has 0 bridgehead atoms. The number of hydrogen-bond donors (Lipinski definition) is 1. The lowest BCUT2D eigenvalue weighted by Gasteiger charge is -2.11. The van der Waals surface area contributed by atoms with Gasteiger partial charge in [0, 0.05) is 5.56 Å². The highest BCUT2D eigenvalue weighted by Crippen LogP contribution is 2.15. The van der Waals surface area contributed by atoms with E-state index in [0.717, 1.165) is 5.56 Å². The fourth-order valence-corrected chi connectivity index (χ4v) is 1.89. The number of halogens is 1. The minimum atomic E-state index is -0.402. The molecule has 1 atom stereocenters. The number of nitrogens with one attached hydrogen (secondary N) is 1. The number of amides is 1. The number of ether oxygens (including phenoxy) is 1. The average molecular weight is 300 g/mol. The number of nitrogens with zero attached hydrogens (tertiary/aromatic N) is 1. The molecule has 1 unspecified atom stereocenters. The van der Waals surface area contributed by atoms with Crippen molar-refractivity contribution in [1.29, 1.82) is 0 Å². The van der Waals surface area contributed by atoms with Crippen LogP contribution < -0.4 is 5.32 Å². The van der Waals surface area contributed by atoms with E-state index in [1.807, 2.05) is 37.3 Å². The number of hydrogen-bond acceptors (Lipinski definition) is 3. The zero-order valence-electron chi connectivity index (χ0n) is 12.4. The van der Waals surface area contributed by atoms with E-state index >= 15 is 0 Å².